The molecule has 1 aliphatic heterocycles. The van der Waals surface area contributed by atoms with Gasteiger partial charge in [0, 0.05) is 5.56 Å². The molecule has 2 aromatic rings. The molecular formula is C24H24N2O5. The van der Waals surface area contributed by atoms with Crippen LogP contribution in [0.15, 0.2) is 54.1 Å². The molecule has 0 radical (unpaired) electrons. The number of rotatable bonds is 5. The third-order valence-corrected chi connectivity index (χ3v) is 5.84. The van der Waals surface area contributed by atoms with Gasteiger partial charge in [0.15, 0.2) is 11.5 Å². The molecule has 2 atom stereocenters. The fourth-order valence-electron chi connectivity index (χ4n) is 4.26. The monoisotopic (exact) mass is 420 g/mol. The summed E-state index contributed by atoms with van der Waals surface area (Å²) in [6, 6.07) is 11.7. The molecule has 1 N–H and O–H groups in total. The van der Waals surface area contributed by atoms with Gasteiger partial charge < -0.3 is 14.8 Å². The first-order valence-electron chi connectivity index (χ1n) is 10.1. The first kappa shape index (κ1) is 20.7. The molecule has 0 bridgehead atoms. The van der Waals surface area contributed by atoms with Crippen molar-refractivity contribution in [3.8, 4) is 11.5 Å². The lowest BCUT2D eigenvalue weighted by Crippen LogP contribution is -2.31. The Hall–Kier alpha value is -3.61. The average molecular weight is 420 g/mol. The van der Waals surface area contributed by atoms with E-state index in [2.05, 4.69) is 5.32 Å². The van der Waals surface area contributed by atoms with E-state index in [1.165, 1.54) is 19.1 Å². The maximum atomic E-state index is 13.0. The van der Waals surface area contributed by atoms with Gasteiger partial charge in [-0.05, 0) is 50.1 Å². The number of amides is 3. The van der Waals surface area contributed by atoms with E-state index in [1.807, 2.05) is 13.0 Å². The summed E-state index contributed by atoms with van der Waals surface area (Å²) in [7, 11) is 3.01. The number of imide groups is 1. The zero-order chi connectivity index (χ0) is 22.1. The van der Waals surface area contributed by atoms with Crippen LogP contribution in [-0.4, -0.2) is 31.9 Å². The van der Waals surface area contributed by atoms with Gasteiger partial charge in [0.05, 0.1) is 37.4 Å². The molecule has 2 aromatic carbocycles. The zero-order valence-electron chi connectivity index (χ0n) is 17.7. The number of carbonyl (C=O) groups excluding carboxylic acids is 3. The van der Waals surface area contributed by atoms with Crippen LogP contribution in [0.3, 0.4) is 0 Å². The van der Waals surface area contributed by atoms with Crippen molar-refractivity contribution in [2.24, 2.45) is 11.8 Å². The molecule has 160 valence electrons. The van der Waals surface area contributed by atoms with E-state index in [0.717, 1.165) is 5.57 Å². The maximum absolute atomic E-state index is 13.0. The molecule has 1 fully saturated rings. The fraction of sp³-hybridized carbons (Fsp3) is 0.292. The maximum Gasteiger partial charge on any atom is 0.255 e. The van der Waals surface area contributed by atoms with Gasteiger partial charge in [0.1, 0.15) is 0 Å². The molecule has 0 spiro atoms. The van der Waals surface area contributed by atoms with Crippen LogP contribution >= 0.6 is 0 Å². The Morgan fingerprint density at radius 3 is 2.52 bits per heavy atom. The number of carbonyl (C=O) groups is 3. The van der Waals surface area contributed by atoms with Gasteiger partial charge in [-0.15, -0.1) is 0 Å². The lowest BCUT2D eigenvalue weighted by Gasteiger charge is -2.18. The molecule has 0 saturated carbocycles. The molecule has 1 heterocycles. The van der Waals surface area contributed by atoms with Crippen molar-refractivity contribution in [2.75, 3.05) is 24.4 Å². The number of hydrogen-bond acceptors (Lipinski definition) is 5. The first-order chi connectivity index (χ1) is 14.9. The molecule has 1 aliphatic carbocycles. The molecular weight excluding hydrogens is 396 g/mol. The third-order valence-electron chi connectivity index (χ3n) is 5.84. The second-order valence-electron chi connectivity index (χ2n) is 7.76. The number of methoxy groups -OCH3 is 2. The number of para-hydroxylation sites is 1. The smallest absolute Gasteiger partial charge is 0.255 e. The van der Waals surface area contributed by atoms with E-state index in [-0.39, 0.29) is 29.6 Å². The van der Waals surface area contributed by atoms with Gasteiger partial charge in [0.25, 0.3) is 5.91 Å². The Labute approximate surface area is 180 Å². The molecule has 2 aliphatic rings. The Morgan fingerprint density at radius 1 is 1.03 bits per heavy atom. The van der Waals surface area contributed by atoms with Crippen molar-refractivity contribution < 1.29 is 23.9 Å². The quantitative estimate of drug-likeness (QED) is 0.587. The van der Waals surface area contributed by atoms with Gasteiger partial charge >= 0.3 is 0 Å². The summed E-state index contributed by atoms with van der Waals surface area (Å²) in [6.45, 7) is 1.98. The van der Waals surface area contributed by atoms with E-state index in [4.69, 9.17) is 9.47 Å². The number of hydrogen-bond donors (Lipinski definition) is 1. The van der Waals surface area contributed by atoms with Crippen LogP contribution in [0.25, 0.3) is 0 Å². The Bertz CT molecular complexity index is 1090. The highest BCUT2D eigenvalue weighted by molar-refractivity contribution is 6.22. The molecule has 7 nitrogen and oxygen atoms in total. The molecule has 1 saturated heterocycles. The summed E-state index contributed by atoms with van der Waals surface area (Å²) < 4.78 is 10.6. The predicted molar refractivity (Wildman–Crippen MR) is 116 cm³/mol. The summed E-state index contributed by atoms with van der Waals surface area (Å²) in [6.07, 6.45) is 3.20. The number of nitrogens with one attached hydrogen (secondary N) is 1. The topological polar surface area (TPSA) is 84.9 Å². The van der Waals surface area contributed by atoms with Crippen LogP contribution in [0.5, 0.6) is 11.5 Å². The van der Waals surface area contributed by atoms with Gasteiger partial charge in [-0.1, -0.05) is 23.8 Å². The summed E-state index contributed by atoms with van der Waals surface area (Å²) in [5.41, 5.74) is 2.32. The lowest BCUT2D eigenvalue weighted by atomic mass is 9.82. The van der Waals surface area contributed by atoms with Crippen LogP contribution in [0.2, 0.25) is 0 Å². The highest BCUT2D eigenvalue weighted by Gasteiger charge is 2.48. The van der Waals surface area contributed by atoms with Crippen LogP contribution in [0, 0.1) is 11.8 Å². The Kier molecular flexibility index (Phi) is 5.50. The normalized spacial score (nSPS) is 20.2. The van der Waals surface area contributed by atoms with Gasteiger partial charge in [0.2, 0.25) is 11.8 Å². The number of allylic oxidation sites excluding steroid dienone is 2. The summed E-state index contributed by atoms with van der Waals surface area (Å²) in [5.74, 6) is -0.534. The lowest BCUT2D eigenvalue weighted by molar-refractivity contribution is -0.122. The van der Waals surface area contributed by atoms with E-state index in [9.17, 15) is 14.4 Å². The third kappa shape index (κ3) is 3.67. The summed E-state index contributed by atoms with van der Waals surface area (Å²) in [4.78, 5) is 40.0. The number of fused-ring (bicyclic) bond motifs is 1. The van der Waals surface area contributed by atoms with Crippen molar-refractivity contribution in [1.82, 2.24) is 0 Å². The Balaban J connectivity index is 1.59. The average Bonchev–Trinajstić information content (AvgIpc) is 3.02. The fourth-order valence-corrected chi connectivity index (χ4v) is 4.26. The second-order valence-corrected chi connectivity index (χ2v) is 7.76. The number of nitrogens with zero attached hydrogens (tertiary/aromatic N) is 1. The van der Waals surface area contributed by atoms with E-state index >= 15 is 0 Å². The predicted octanol–water partition coefficient (Wildman–Crippen LogP) is 3.80. The molecule has 0 unspecified atom stereocenters. The van der Waals surface area contributed by atoms with Gasteiger partial charge in [-0.2, -0.15) is 0 Å². The zero-order valence-corrected chi connectivity index (χ0v) is 17.7. The van der Waals surface area contributed by atoms with E-state index in [0.29, 0.717) is 41.3 Å². The minimum atomic E-state index is -0.387. The van der Waals surface area contributed by atoms with Crippen molar-refractivity contribution in [1.29, 1.82) is 0 Å². The second kappa shape index (κ2) is 8.26. The number of ether oxygens (including phenoxy) is 2. The van der Waals surface area contributed by atoms with Crippen LogP contribution < -0.4 is 19.7 Å². The minimum Gasteiger partial charge on any atom is -0.493 e. The van der Waals surface area contributed by atoms with Gasteiger partial charge in [-0.3, -0.25) is 19.3 Å². The van der Waals surface area contributed by atoms with E-state index < -0.39 is 0 Å². The first-order valence-corrected chi connectivity index (χ1v) is 10.1. The van der Waals surface area contributed by atoms with E-state index in [1.54, 1.807) is 42.5 Å². The molecule has 31 heavy (non-hydrogen) atoms. The van der Waals surface area contributed by atoms with Crippen molar-refractivity contribution in [3.05, 3.63) is 59.7 Å². The van der Waals surface area contributed by atoms with Crippen molar-refractivity contribution >= 4 is 29.1 Å². The standard InChI is InChI=1S/C24H24N2O5/c1-14-10-11-17-18(12-14)24(29)26(23(17)28)16-7-4-6-15(13-16)22(27)25-19-8-5-9-20(30-2)21(19)31-3/h4-10,13,17-18H,11-12H2,1-3H3,(H,25,27)/t17-,18-/m0/s1. The highest BCUT2D eigenvalue weighted by atomic mass is 16.5. The van der Waals surface area contributed by atoms with Gasteiger partial charge in [-0.25, -0.2) is 0 Å². The number of benzene rings is 2. The van der Waals surface area contributed by atoms with Crippen LogP contribution in [0.4, 0.5) is 11.4 Å². The molecule has 4 rings (SSSR count). The largest absolute Gasteiger partial charge is 0.493 e. The highest BCUT2D eigenvalue weighted by Crippen LogP contribution is 2.40. The molecule has 7 heteroatoms. The summed E-state index contributed by atoms with van der Waals surface area (Å²) >= 11 is 0. The van der Waals surface area contributed by atoms with Crippen LogP contribution in [-0.2, 0) is 9.59 Å². The SMILES string of the molecule is COc1cccc(NC(=O)c2cccc(N3C(=O)[C@H]4CC=C(C)C[C@@H]4C3=O)c2)c1OC. The number of anilines is 2. The van der Waals surface area contributed by atoms with Crippen molar-refractivity contribution in [2.45, 2.75) is 19.8 Å². The van der Waals surface area contributed by atoms with Crippen LogP contribution in [0.1, 0.15) is 30.1 Å². The summed E-state index contributed by atoms with van der Waals surface area (Å²) in [5, 5.41) is 2.81. The minimum absolute atomic E-state index is 0.200. The molecule has 3 amide bonds. The van der Waals surface area contributed by atoms with Crippen molar-refractivity contribution in [3.63, 3.8) is 0 Å². The molecule has 0 aromatic heterocycles. The Morgan fingerprint density at radius 2 is 1.77 bits per heavy atom.